The number of nitrogens with zero attached hydrogens (tertiary/aromatic N) is 1. The third kappa shape index (κ3) is 3.13. The average molecular weight is 203 g/mol. The van der Waals surface area contributed by atoms with Crippen molar-refractivity contribution in [3.8, 4) is 0 Å². The highest BCUT2D eigenvalue weighted by molar-refractivity contribution is 7.98. The summed E-state index contributed by atoms with van der Waals surface area (Å²) in [5.74, 6) is 0.790. The Morgan fingerprint density at radius 2 is 2.50 bits per heavy atom. The van der Waals surface area contributed by atoms with Gasteiger partial charge in [-0.3, -0.25) is 0 Å². The molecule has 0 bridgehead atoms. The normalized spacial score (nSPS) is 13.2. The molecule has 0 radical (unpaired) electrons. The van der Waals surface area contributed by atoms with E-state index in [4.69, 9.17) is 0 Å². The van der Waals surface area contributed by atoms with E-state index in [0.29, 0.717) is 6.42 Å². The molecule has 0 aromatic carbocycles. The van der Waals surface area contributed by atoms with E-state index in [9.17, 15) is 5.11 Å². The van der Waals surface area contributed by atoms with Crippen molar-refractivity contribution in [1.29, 1.82) is 0 Å². The SMILES string of the molecule is CSCC(O)Cc1nc(C)cs1. The molecule has 0 amide bonds. The zero-order chi connectivity index (χ0) is 8.97. The Bertz CT molecular complexity index is 237. The van der Waals surface area contributed by atoms with E-state index in [1.807, 2.05) is 18.6 Å². The van der Waals surface area contributed by atoms with E-state index in [0.717, 1.165) is 16.5 Å². The fourth-order valence-corrected chi connectivity index (χ4v) is 2.30. The van der Waals surface area contributed by atoms with Crippen LogP contribution in [0.2, 0.25) is 0 Å². The summed E-state index contributed by atoms with van der Waals surface area (Å²) in [7, 11) is 0. The highest BCUT2D eigenvalue weighted by Gasteiger charge is 2.06. The molecular formula is C8H13NOS2. The molecule has 1 N–H and O–H groups in total. The Morgan fingerprint density at radius 3 is 3.00 bits per heavy atom. The zero-order valence-electron chi connectivity index (χ0n) is 7.28. The topological polar surface area (TPSA) is 33.1 Å². The van der Waals surface area contributed by atoms with Crippen LogP contribution in [0.1, 0.15) is 10.7 Å². The molecule has 12 heavy (non-hydrogen) atoms. The van der Waals surface area contributed by atoms with Crippen molar-refractivity contribution in [1.82, 2.24) is 4.98 Å². The second-order valence-electron chi connectivity index (χ2n) is 2.70. The van der Waals surface area contributed by atoms with Gasteiger partial charge in [0.2, 0.25) is 0 Å². The number of thioether (sulfide) groups is 1. The van der Waals surface area contributed by atoms with E-state index >= 15 is 0 Å². The number of aromatic nitrogens is 1. The van der Waals surface area contributed by atoms with E-state index in [2.05, 4.69) is 4.98 Å². The van der Waals surface area contributed by atoms with Crippen LogP contribution in [0.3, 0.4) is 0 Å². The molecule has 1 aromatic rings. The fourth-order valence-electron chi connectivity index (χ4n) is 0.949. The van der Waals surface area contributed by atoms with Crippen LogP contribution in [0.4, 0.5) is 0 Å². The maximum atomic E-state index is 9.46. The van der Waals surface area contributed by atoms with Crippen molar-refractivity contribution < 1.29 is 5.11 Å². The Balaban J connectivity index is 2.41. The van der Waals surface area contributed by atoms with E-state index < -0.39 is 0 Å². The Hall–Kier alpha value is -0.0600. The summed E-state index contributed by atoms with van der Waals surface area (Å²) in [6.45, 7) is 1.97. The molecule has 68 valence electrons. The lowest BCUT2D eigenvalue weighted by Gasteiger charge is -2.04. The molecule has 0 aliphatic carbocycles. The molecule has 2 nitrogen and oxygen atoms in total. The number of aryl methyl sites for hydroxylation is 1. The van der Waals surface area contributed by atoms with Gasteiger partial charge >= 0.3 is 0 Å². The lowest BCUT2D eigenvalue weighted by atomic mass is 10.3. The fraction of sp³-hybridized carbons (Fsp3) is 0.625. The monoisotopic (exact) mass is 203 g/mol. The quantitative estimate of drug-likeness (QED) is 0.809. The van der Waals surface area contributed by atoms with Gasteiger partial charge in [-0.05, 0) is 13.2 Å². The first kappa shape index (κ1) is 10.0. The lowest BCUT2D eigenvalue weighted by molar-refractivity contribution is 0.200. The standard InChI is InChI=1S/C8H13NOS2/c1-6-4-12-8(9-6)3-7(10)5-11-2/h4,7,10H,3,5H2,1-2H3. The largest absolute Gasteiger partial charge is 0.392 e. The van der Waals surface area contributed by atoms with Crippen molar-refractivity contribution in [3.63, 3.8) is 0 Å². The van der Waals surface area contributed by atoms with Gasteiger partial charge in [-0.1, -0.05) is 0 Å². The van der Waals surface area contributed by atoms with Crippen LogP contribution in [0.25, 0.3) is 0 Å². The van der Waals surface area contributed by atoms with Crippen LogP contribution in [0.5, 0.6) is 0 Å². The molecule has 0 aliphatic heterocycles. The number of thiazole rings is 1. The number of aliphatic hydroxyl groups excluding tert-OH is 1. The van der Waals surface area contributed by atoms with Gasteiger partial charge in [0.25, 0.3) is 0 Å². The van der Waals surface area contributed by atoms with Gasteiger partial charge in [-0.25, -0.2) is 4.98 Å². The van der Waals surface area contributed by atoms with Gasteiger partial charge in [0.1, 0.15) is 0 Å². The third-order valence-electron chi connectivity index (χ3n) is 1.44. The minimum atomic E-state index is -0.245. The first-order chi connectivity index (χ1) is 5.72. The summed E-state index contributed by atoms with van der Waals surface area (Å²) in [4.78, 5) is 4.28. The van der Waals surface area contributed by atoms with Crippen LogP contribution in [-0.4, -0.2) is 28.2 Å². The highest BCUT2D eigenvalue weighted by Crippen LogP contribution is 2.12. The molecule has 0 saturated heterocycles. The highest BCUT2D eigenvalue weighted by atomic mass is 32.2. The minimum absolute atomic E-state index is 0.245. The van der Waals surface area contributed by atoms with E-state index in [1.165, 1.54) is 0 Å². The molecule has 1 unspecified atom stereocenters. The molecular weight excluding hydrogens is 190 g/mol. The van der Waals surface area contributed by atoms with Crippen molar-refractivity contribution in [2.24, 2.45) is 0 Å². The first-order valence-electron chi connectivity index (χ1n) is 3.80. The van der Waals surface area contributed by atoms with Gasteiger partial charge in [0.15, 0.2) is 0 Å². The van der Waals surface area contributed by atoms with Crippen LogP contribution in [0.15, 0.2) is 5.38 Å². The molecule has 1 rings (SSSR count). The maximum absolute atomic E-state index is 9.46. The van der Waals surface area contributed by atoms with E-state index in [1.54, 1.807) is 23.1 Å². The van der Waals surface area contributed by atoms with Crippen LogP contribution in [-0.2, 0) is 6.42 Å². The van der Waals surface area contributed by atoms with E-state index in [-0.39, 0.29) is 6.10 Å². The number of aliphatic hydroxyl groups is 1. The van der Waals surface area contributed by atoms with Gasteiger partial charge in [0.05, 0.1) is 11.1 Å². The number of rotatable bonds is 4. The molecule has 4 heteroatoms. The smallest absolute Gasteiger partial charge is 0.0954 e. The molecule has 0 spiro atoms. The van der Waals surface area contributed by atoms with Crippen molar-refractivity contribution in [3.05, 3.63) is 16.1 Å². The van der Waals surface area contributed by atoms with Crippen molar-refractivity contribution >= 4 is 23.1 Å². The van der Waals surface area contributed by atoms with Crippen molar-refractivity contribution in [2.75, 3.05) is 12.0 Å². The molecule has 0 saturated carbocycles. The zero-order valence-corrected chi connectivity index (χ0v) is 8.91. The molecule has 0 fully saturated rings. The molecule has 1 atom stereocenters. The lowest BCUT2D eigenvalue weighted by Crippen LogP contribution is -2.12. The Morgan fingerprint density at radius 1 is 1.75 bits per heavy atom. The molecule has 1 aromatic heterocycles. The van der Waals surface area contributed by atoms with Gasteiger partial charge < -0.3 is 5.11 Å². The Labute approximate surface area is 81.0 Å². The number of hydrogen-bond acceptors (Lipinski definition) is 4. The van der Waals surface area contributed by atoms with Crippen LogP contribution in [0, 0.1) is 6.92 Å². The number of hydrogen-bond donors (Lipinski definition) is 1. The van der Waals surface area contributed by atoms with Gasteiger partial charge in [-0.2, -0.15) is 11.8 Å². The third-order valence-corrected chi connectivity index (χ3v) is 3.14. The Kier molecular flexibility index (Phi) is 4.05. The van der Waals surface area contributed by atoms with Crippen LogP contribution < -0.4 is 0 Å². The summed E-state index contributed by atoms with van der Waals surface area (Å²) >= 11 is 3.29. The van der Waals surface area contributed by atoms with Crippen LogP contribution >= 0.6 is 23.1 Å². The first-order valence-corrected chi connectivity index (χ1v) is 6.07. The second-order valence-corrected chi connectivity index (χ2v) is 4.55. The molecule has 1 heterocycles. The van der Waals surface area contributed by atoms with Crippen molar-refractivity contribution in [2.45, 2.75) is 19.4 Å². The maximum Gasteiger partial charge on any atom is 0.0954 e. The summed E-state index contributed by atoms with van der Waals surface area (Å²) in [5, 5.41) is 12.5. The predicted octanol–water partition coefficient (Wildman–Crippen LogP) is 1.72. The average Bonchev–Trinajstić information content (AvgIpc) is 2.36. The predicted molar refractivity (Wildman–Crippen MR) is 54.9 cm³/mol. The summed E-state index contributed by atoms with van der Waals surface area (Å²) in [5.41, 5.74) is 1.05. The van der Waals surface area contributed by atoms with Gasteiger partial charge in [-0.15, -0.1) is 11.3 Å². The molecule has 0 aliphatic rings. The summed E-state index contributed by atoms with van der Waals surface area (Å²) < 4.78 is 0. The summed E-state index contributed by atoms with van der Waals surface area (Å²) in [6, 6.07) is 0. The second kappa shape index (κ2) is 4.84. The summed E-state index contributed by atoms with van der Waals surface area (Å²) in [6.07, 6.45) is 2.45. The van der Waals surface area contributed by atoms with Gasteiger partial charge in [0, 0.05) is 23.2 Å². The minimum Gasteiger partial charge on any atom is -0.392 e.